The summed E-state index contributed by atoms with van der Waals surface area (Å²) in [6, 6.07) is 4.73. The highest BCUT2D eigenvalue weighted by Crippen LogP contribution is 2.22. The maximum atomic E-state index is 4.53. The van der Waals surface area contributed by atoms with Crippen molar-refractivity contribution < 1.29 is 0 Å². The Balaban J connectivity index is 1.50. The molecule has 0 aromatic carbocycles. The van der Waals surface area contributed by atoms with Gasteiger partial charge in [-0.3, -0.25) is 4.98 Å². The van der Waals surface area contributed by atoms with E-state index in [9.17, 15) is 0 Å². The highest BCUT2D eigenvalue weighted by atomic mass is 32.1. The van der Waals surface area contributed by atoms with E-state index in [0.29, 0.717) is 6.04 Å². The molecule has 0 amide bonds. The SMILES string of the molecule is CC(NCCN1CCCCCC1)c1cnc2ccsc2c1. The molecule has 4 heteroatoms. The van der Waals surface area contributed by atoms with Gasteiger partial charge in [0.2, 0.25) is 0 Å². The first-order valence-electron chi connectivity index (χ1n) is 8.12. The van der Waals surface area contributed by atoms with Crippen molar-refractivity contribution in [3.63, 3.8) is 0 Å². The second kappa shape index (κ2) is 7.34. The van der Waals surface area contributed by atoms with Gasteiger partial charge < -0.3 is 10.2 Å². The number of nitrogens with zero attached hydrogens (tertiary/aromatic N) is 2. The Morgan fingerprint density at radius 3 is 2.90 bits per heavy atom. The number of fused-ring (bicyclic) bond motifs is 1. The van der Waals surface area contributed by atoms with Crippen LogP contribution in [0.1, 0.15) is 44.2 Å². The van der Waals surface area contributed by atoms with Crippen LogP contribution in [0.15, 0.2) is 23.7 Å². The van der Waals surface area contributed by atoms with Crippen LogP contribution in [0.25, 0.3) is 10.2 Å². The van der Waals surface area contributed by atoms with Crippen LogP contribution in [0.2, 0.25) is 0 Å². The van der Waals surface area contributed by atoms with Crippen molar-refractivity contribution in [1.29, 1.82) is 0 Å². The maximum absolute atomic E-state index is 4.53. The number of nitrogens with one attached hydrogen (secondary N) is 1. The van der Waals surface area contributed by atoms with Gasteiger partial charge in [0.1, 0.15) is 0 Å². The predicted octanol–water partition coefficient (Wildman–Crippen LogP) is 3.82. The Labute approximate surface area is 131 Å². The van der Waals surface area contributed by atoms with Crippen LogP contribution in [-0.2, 0) is 0 Å². The van der Waals surface area contributed by atoms with Gasteiger partial charge in [0, 0.05) is 25.3 Å². The van der Waals surface area contributed by atoms with E-state index < -0.39 is 0 Å². The Kier molecular flexibility index (Phi) is 5.22. The minimum atomic E-state index is 0.371. The van der Waals surface area contributed by atoms with E-state index in [4.69, 9.17) is 0 Å². The summed E-state index contributed by atoms with van der Waals surface area (Å²) >= 11 is 1.77. The van der Waals surface area contributed by atoms with Crippen LogP contribution in [0.5, 0.6) is 0 Å². The third kappa shape index (κ3) is 4.02. The second-order valence-corrected chi connectivity index (χ2v) is 6.95. The Morgan fingerprint density at radius 1 is 1.29 bits per heavy atom. The van der Waals surface area contributed by atoms with Crippen LogP contribution < -0.4 is 5.32 Å². The number of likely N-dealkylation sites (tertiary alicyclic amines) is 1. The molecule has 0 radical (unpaired) electrons. The number of rotatable bonds is 5. The molecule has 0 spiro atoms. The molecule has 0 bridgehead atoms. The molecule has 0 aliphatic carbocycles. The van der Waals surface area contributed by atoms with Crippen LogP contribution in [-0.4, -0.2) is 36.1 Å². The topological polar surface area (TPSA) is 28.2 Å². The van der Waals surface area contributed by atoms with Crippen LogP contribution >= 0.6 is 11.3 Å². The van der Waals surface area contributed by atoms with Gasteiger partial charge >= 0.3 is 0 Å². The Morgan fingerprint density at radius 2 is 2.10 bits per heavy atom. The first-order chi connectivity index (χ1) is 10.3. The zero-order valence-corrected chi connectivity index (χ0v) is 13.7. The average Bonchev–Trinajstić information content (AvgIpc) is 2.82. The molecule has 2 aromatic heterocycles. The summed E-state index contributed by atoms with van der Waals surface area (Å²) in [6.07, 6.45) is 7.57. The van der Waals surface area contributed by atoms with E-state index in [1.165, 1.54) is 55.6 Å². The highest BCUT2D eigenvalue weighted by molar-refractivity contribution is 7.17. The average molecular weight is 303 g/mol. The summed E-state index contributed by atoms with van der Waals surface area (Å²) in [5.41, 5.74) is 2.40. The number of hydrogen-bond acceptors (Lipinski definition) is 4. The smallest absolute Gasteiger partial charge is 0.0809 e. The summed E-state index contributed by atoms with van der Waals surface area (Å²) in [5.74, 6) is 0. The third-order valence-corrected chi connectivity index (χ3v) is 5.25. The van der Waals surface area contributed by atoms with Gasteiger partial charge in [0.05, 0.1) is 10.2 Å². The normalized spacial score (nSPS) is 18.7. The van der Waals surface area contributed by atoms with Crippen LogP contribution in [0.4, 0.5) is 0 Å². The fourth-order valence-corrected chi connectivity index (χ4v) is 3.80. The molecule has 3 nitrogen and oxygen atoms in total. The minimum Gasteiger partial charge on any atom is -0.309 e. The number of hydrogen-bond donors (Lipinski definition) is 1. The van der Waals surface area contributed by atoms with E-state index in [1.807, 2.05) is 6.20 Å². The largest absolute Gasteiger partial charge is 0.309 e. The first kappa shape index (κ1) is 14.9. The minimum absolute atomic E-state index is 0.371. The molecule has 0 saturated carbocycles. The molecule has 3 rings (SSSR count). The van der Waals surface area contributed by atoms with Gasteiger partial charge in [0.25, 0.3) is 0 Å². The molecule has 1 fully saturated rings. The molecule has 1 aliphatic heterocycles. The number of pyridine rings is 1. The molecule has 1 unspecified atom stereocenters. The van der Waals surface area contributed by atoms with Gasteiger partial charge in [-0.2, -0.15) is 0 Å². The lowest BCUT2D eigenvalue weighted by Gasteiger charge is -2.21. The van der Waals surface area contributed by atoms with Crippen molar-refractivity contribution in [2.75, 3.05) is 26.2 Å². The van der Waals surface area contributed by atoms with Crippen molar-refractivity contribution in [3.8, 4) is 0 Å². The summed E-state index contributed by atoms with van der Waals surface area (Å²) < 4.78 is 1.29. The van der Waals surface area contributed by atoms with Gasteiger partial charge in [0.15, 0.2) is 0 Å². The van der Waals surface area contributed by atoms with Crippen molar-refractivity contribution in [3.05, 3.63) is 29.3 Å². The summed E-state index contributed by atoms with van der Waals surface area (Å²) in [4.78, 5) is 7.14. The van der Waals surface area contributed by atoms with Crippen molar-refractivity contribution in [2.24, 2.45) is 0 Å². The molecule has 21 heavy (non-hydrogen) atoms. The Hall–Kier alpha value is -0.970. The van der Waals surface area contributed by atoms with Crippen LogP contribution in [0, 0.1) is 0 Å². The third-order valence-electron chi connectivity index (χ3n) is 4.40. The molecule has 1 N–H and O–H groups in total. The molecule has 2 aromatic rings. The van der Waals surface area contributed by atoms with E-state index in [-0.39, 0.29) is 0 Å². The number of thiophene rings is 1. The van der Waals surface area contributed by atoms with E-state index in [0.717, 1.165) is 12.1 Å². The molecular weight excluding hydrogens is 278 g/mol. The lowest BCUT2D eigenvalue weighted by atomic mass is 10.1. The Bertz CT molecular complexity index is 558. The monoisotopic (exact) mass is 303 g/mol. The number of aromatic nitrogens is 1. The van der Waals surface area contributed by atoms with Crippen LogP contribution in [0.3, 0.4) is 0 Å². The quantitative estimate of drug-likeness (QED) is 0.910. The van der Waals surface area contributed by atoms with Crippen molar-refractivity contribution in [1.82, 2.24) is 15.2 Å². The summed E-state index contributed by atoms with van der Waals surface area (Å²) in [5, 5.41) is 5.76. The summed E-state index contributed by atoms with van der Waals surface area (Å²) in [7, 11) is 0. The van der Waals surface area contributed by atoms with E-state index in [1.54, 1.807) is 11.3 Å². The van der Waals surface area contributed by atoms with E-state index in [2.05, 4.69) is 39.6 Å². The standard InChI is InChI=1S/C17H25N3S/c1-14(15-12-17-16(19-13-15)6-11-21-17)18-7-10-20-8-4-2-3-5-9-20/h6,11-14,18H,2-5,7-10H2,1H3. The molecular formula is C17H25N3S. The van der Waals surface area contributed by atoms with Gasteiger partial charge in [-0.05, 0) is 55.9 Å². The zero-order chi connectivity index (χ0) is 14.5. The summed E-state index contributed by atoms with van der Waals surface area (Å²) in [6.45, 7) is 7.01. The molecule has 114 valence electrons. The fourth-order valence-electron chi connectivity index (χ4n) is 3.02. The zero-order valence-electron chi connectivity index (χ0n) is 12.8. The second-order valence-electron chi connectivity index (χ2n) is 6.00. The highest BCUT2D eigenvalue weighted by Gasteiger charge is 2.10. The fraction of sp³-hybridized carbons (Fsp3) is 0.588. The van der Waals surface area contributed by atoms with E-state index >= 15 is 0 Å². The van der Waals surface area contributed by atoms with Crippen molar-refractivity contribution in [2.45, 2.75) is 38.6 Å². The first-order valence-corrected chi connectivity index (χ1v) is 9.00. The lowest BCUT2D eigenvalue weighted by Crippen LogP contribution is -2.33. The van der Waals surface area contributed by atoms with Gasteiger partial charge in [-0.1, -0.05) is 12.8 Å². The molecule has 1 saturated heterocycles. The van der Waals surface area contributed by atoms with Gasteiger partial charge in [-0.15, -0.1) is 11.3 Å². The molecule has 1 aliphatic rings. The predicted molar refractivity (Wildman–Crippen MR) is 90.9 cm³/mol. The lowest BCUT2D eigenvalue weighted by molar-refractivity contribution is 0.280. The molecule has 1 atom stereocenters. The van der Waals surface area contributed by atoms with Gasteiger partial charge in [-0.25, -0.2) is 0 Å². The van der Waals surface area contributed by atoms with Crippen molar-refractivity contribution >= 4 is 21.6 Å². The molecule has 3 heterocycles. The maximum Gasteiger partial charge on any atom is 0.0809 e.